The first kappa shape index (κ1) is 14.3. The molecule has 20 heavy (non-hydrogen) atoms. The Kier molecular flexibility index (Phi) is 3.89. The van der Waals surface area contributed by atoms with Crippen LogP contribution < -0.4 is 0 Å². The van der Waals surface area contributed by atoms with E-state index in [0.717, 1.165) is 6.42 Å². The molecule has 0 aliphatic carbocycles. The number of carbonyl (C=O) groups is 1. The SMILES string of the molecule is CN(C)C1CCN(C(=O)c2cccc([N+](=O)[O-])c2O)C1. The van der Waals surface area contributed by atoms with Crippen molar-refractivity contribution in [3.05, 3.63) is 33.9 Å². The number of phenols is 1. The summed E-state index contributed by atoms with van der Waals surface area (Å²) in [4.78, 5) is 26.1. The molecule has 108 valence electrons. The lowest BCUT2D eigenvalue weighted by molar-refractivity contribution is -0.385. The Hall–Kier alpha value is -2.15. The lowest BCUT2D eigenvalue weighted by Crippen LogP contribution is -2.34. The summed E-state index contributed by atoms with van der Waals surface area (Å²) in [5, 5.41) is 20.6. The molecule has 1 aliphatic heterocycles. The van der Waals surface area contributed by atoms with Gasteiger partial charge in [-0.3, -0.25) is 14.9 Å². The molecule has 1 aliphatic rings. The summed E-state index contributed by atoms with van der Waals surface area (Å²) in [7, 11) is 3.90. The van der Waals surface area contributed by atoms with Gasteiger partial charge in [-0.05, 0) is 26.6 Å². The topological polar surface area (TPSA) is 86.9 Å². The lowest BCUT2D eigenvalue weighted by atomic mass is 10.1. The van der Waals surface area contributed by atoms with Crippen LogP contribution >= 0.6 is 0 Å². The van der Waals surface area contributed by atoms with Gasteiger partial charge in [-0.1, -0.05) is 6.07 Å². The Bertz CT molecular complexity index is 544. The van der Waals surface area contributed by atoms with E-state index in [1.54, 1.807) is 4.90 Å². The molecule has 7 nitrogen and oxygen atoms in total. The van der Waals surface area contributed by atoms with Crippen LogP contribution in [0.15, 0.2) is 18.2 Å². The summed E-state index contributed by atoms with van der Waals surface area (Å²) >= 11 is 0. The number of hydrogen-bond acceptors (Lipinski definition) is 5. The number of nitro groups is 1. The summed E-state index contributed by atoms with van der Waals surface area (Å²) in [6.07, 6.45) is 0.856. The van der Waals surface area contributed by atoms with Crippen LogP contribution in [0.4, 0.5) is 5.69 Å². The Morgan fingerprint density at radius 1 is 1.50 bits per heavy atom. The summed E-state index contributed by atoms with van der Waals surface area (Å²) in [6, 6.07) is 4.27. The number of aromatic hydroxyl groups is 1. The standard InChI is InChI=1S/C13H17N3O4/c1-14(2)9-6-7-15(8-9)13(18)10-4-3-5-11(12(10)17)16(19)20/h3-5,9,17H,6-8H2,1-2H3. The van der Waals surface area contributed by atoms with E-state index in [1.807, 2.05) is 19.0 Å². The van der Waals surface area contributed by atoms with Crippen molar-refractivity contribution in [2.45, 2.75) is 12.5 Å². The molecule has 0 aromatic heterocycles. The van der Waals surface area contributed by atoms with Gasteiger partial charge in [0.2, 0.25) is 5.75 Å². The Balaban J connectivity index is 2.23. The lowest BCUT2D eigenvalue weighted by Gasteiger charge is -2.20. The second-order valence-electron chi connectivity index (χ2n) is 5.09. The molecule has 1 atom stereocenters. The third-order valence-corrected chi connectivity index (χ3v) is 3.62. The van der Waals surface area contributed by atoms with E-state index < -0.39 is 16.4 Å². The van der Waals surface area contributed by atoms with Crippen molar-refractivity contribution in [1.29, 1.82) is 0 Å². The van der Waals surface area contributed by atoms with Crippen LogP contribution in [-0.2, 0) is 0 Å². The third-order valence-electron chi connectivity index (χ3n) is 3.62. The molecule has 7 heteroatoms. The number of likely N-dealkylation sites (N-methyl/N-ethyl adjacent to an activating group) is 1. The summed E-state index contributed by atoms with van der Waals surface area (Å²) in [5.41, 5.74) is -0.460. The van der Waals surface area contributed by atoms with Crippen molar-refractivity contribution in [3.63, 3.8) is 0 Å². The summed E-state index contributed by atoms with van der Waals surface area (Å²) in [6.45, 7) is 1.15. The molecule has 1 unspecified atom stereocenters. The van der Waals surface area contributed by atoms with Crippen LogP contribution in [0.3, 0.4) is 0 Å². The maximum Gasteiger partial charge on any atom is 0.311 e. The van der Waals surface area contributed by atoms with E-state index in [9.17, 15) is 20.0 Å². The number of hydrogen-bond donors (Lipinski definition) is 1. The van der Waals surface area contributed by atoms with Gasteiger partial charge < -0.3 is 14.9 Å². The van der Waals surface area contributed by atoms with Crippen LogP contribution in [0, 0.1) is 10.1 Å². The molecule has 1 aromatic rings. The molecule has 0 bridgehead atoms. The number of nitrogens with zero attached hydrogens (tertiary/aromatic N) is 3. The highest BCUT2D eigenvalue weighted by molar-refractivity contribution is 5.98. The van der Waals surface area contributed by atoms with Crippen molar-refractivity contribution < 1.29 is 14.8 Å². The van der Waals surface area contributed by atoms with E-state index >= 15 is 0 Å². The number of nitro benzene ring substituents is 1. The minimum atomic E-state index is -0.696. The third kappa shape index (κ3) is 2.57. The van der Waals surface area contributed by atoms with Crippen LogP contribution in [0.2, 0.25) is 0 Å². The van der Waals surface area contributed by atoms with Gasteiger partial charge in [0.05, 0.1) is 10.5 Å². The molecule has 1 fully saturated rings. The van der Waals surface area contributed by atoms with Gasteiger partial charge >= 0.3 is 5.69 Å². The average Bonchev–Trinajstić information content (AvgIpc) is 2.87. The number of para-hydroxylation sites is 1. The smallest absolute Gasteiger partial charge is 0.311 e. The minimum Gasteiger partial charge on any atom is -0.502 e. The van der Waals surface area contributed by atoms with Crippen molar-refractivity contribution in [3.8, 4) is 5.75 Å². The molecular weight excluding hydrogens is 262 g/mol. The minimum absolute atomic E-state index is 0.0152. The first-order valence-corrected chi connectivity index (χ1v) is 6.34. The summed E-state index contributed by atoms with van der Waals surface area (Å²) < 4.78 is 0. The van der Waals surface area contributed by atoms with Crippen molar-refractivity contribution in [1.82, 2.24) is 9.80 Å². The highest BCUT2D eigenvalue weighted by atomic mass is 16.6. The fourth-order valence-corrected chi connectivity index (χ4v) is 2.37. The van der Waals surface area contributed by atoms with Gasteiger partial charge in [0, 0.05) is 25.2 Å². The molecule has 1 saturated heterocycles. The van der Waals surface area contributed by atoms with Gasteiger partial charge in [-0.2, -0.15) is 0 Å². The fraction of sp³-hybridized carbons (Fsp3) is 0.462. The second-order valence-corrected chi connectivity index (χ2v) is 5.09. The van der Waals surface area contributed by atoms with Crippen molar-refractivity contribution in [2.24, 2.45) is 0 Å². The van der Waals surface area contributed by atoms with Crippen molar-refractivity contribution in [2.75, 3.05) is 27.2 Å². The molecular formula is C13H17N3O4. The first-order chi connectivity index (χ1) is 9.41. The van der Waals surface area contributed by atoms with E-state index in [2.05, 4.69) is 0 Å². The second kappa shape index (κ2) is 5.46. The number of benzene rings is 1. The van der Waals surface area contributed by atoms with Gasteiger partial charge in [0.1, 0.15) is 0 Å². The van der Waals surface area contributed by atoms with Crippen LogP contribution in [0.5, 0.6) is 5.75 Å². The maximum atomic E-state index is 12.3. The Labute approximate surface area is 116 Å². The Morgan fingerprint density at radius 2 is 2.20 bits per heavy atom. The fourth-order valence-electron chi connectivity index (χ4n) is 2.37. The van der Waals surface area contributed by atoms with E-state index in [4.69, 9.17) is 0 Å². The number of likely N-dealkylation sites (tertiary alicyclic amines) is 1. The van der Waals surface area contributed by atoms with E-state index in [-0.39, 0.29) is 17.5 Å². The van der Waals surface area contributed by atoms with E-state index in [1.165, 1.54) is 18.2 Å². The average molecular weight is 279 g/mol. The van der Waals surface area contributed by atoms with Gasteiger partial charge in [-0.25, -0.2) is 0 Å². The van der Waals surface area contributed by atoms with Gasteiger partial charge in [0.15, 0.2) is 0 Å². The highest BCUT2D eigenvalue weighted by Crippen LogP contribution is 2.31. The molecule has 1 heterocycles. The normalized spacial score (nSPS) is 18.6. The van der Waals surface area contributed by atoms with Crippen LogP contribution in [0.25, 0.3) is 0 Å². The summed E-state index contributed by atoms with van der Waals surface area (Å²) in [5.74, 6) is -0.925. The van der Waals surface area contributed by atoms with Crippen LogP contribution in [-0.4, -0.2) is 59.0 Å². The number of phenolic OH excluding ortho intramolecular Hbond substituents is 1. The predicted octanol–water partition coefficient (Wildman–Crippen LogP) is 1.08. The zero-order chi connectivity index (χ0) is 14.9. The molecule has 1 amide bonds. The molecule has 0 radical (unpaired) electrons. The quantitative estimate of drug-likeness (QED) is 0.660. The Morgan fingerprint density at radius 3 is 2.75 bits per heavy atom. The molecule has 1 aromatic carbocycles. The number of carbonyl (C=O) groups excluding carboxylic acids is 1. The predicted molar refractivity (Wildman–Crippen MR) is 72.8 cm³/mol. The number of rotatable bonds is 3. The zero-order valence-corrected chi connectivity index (χ0v) is 11.4. The van der Waals surface area contributed by atoms with Crippen LogP contribution in [0.1, 0.15) is 16.8 Å². The highest BCUT2D eigenvalue weighted by Gasteiger charge is 2.30. The maximum absolute atomic E-state index is 12.3. The largest absolute Gasteiger partial charge is 0.502 e. The zero-order valence-electron chi connectivity index (χ0n) is 11.4. The first-order valence-electron chi connectivity index (χ1n) is 6.34. The van der Waals surface area contributed by atoms with E-state index in [0.29, 0.717) is 13.1 Å². The van der Waals surface area contributed by atoms with Gasteiger partial charge in [0.25, 0.3) is 5.91 Å². The molecule has 1 N–H and O–H groups in total. The number of amides is 1. The molecule has 2 rings (SSSR count). The molecule has 0 saturated carbocycles. The molecule has 0 spiro atoms. The monoisotopic (exact) mass is 279 g/mol. The van der Waals surface area contributed by atoms with Gasteiger partial charge in [-0.15, -0.1) is 0 Å². The van der Waals surface area contributed by atoms with Crippen molar-refractivity contribution >= 4 is 11.6 Å².